The number of pyridine rings is 1. The number of benzene rings is 1. The largest absolute Gasteiger partial charge is 0.477 e. The Balaban J connectivity index is 1.60. The topological polar surface area (TPSA) is 42.4 Å². The van der Waals surface area contributed by atoms with Gasteiger partial charge in [-0.3, -0.25) is 4.79 Å². The number of hydrogen-bond acceptors (Lipinski definition) is 3. The summed E-state index contributed by atoms with van der Waals surface area (Å²) in [6.45, 7) is 6.12. The van der Waals surface area contributed by atoms with E-state index in [2.05, 4.69) is 4.98 Å². The Morgan fingerprint density at radius 3 is 2.83 bits per heavy atom. The molecule has 0 spiro atoms. The van der Waals surface area contributed by atoms with Crippen molar-refractivity contribution in [2.24, 2.45) is 5.92 Å². The number of carbonyl (C=O) groups excluding carboxylic acids is 1. The first kappa shape index (κ1) is 16.5. The Bertz CT molecular complexity index is 714. The molecule has 126 valence electrons. The van der Waals surface area contributed by atoms with Crippen molar-refractivity contribution in [3.8, 4) is 5.88 Å². The average Bonchev–Trinajstić information content (AvgIpc) is 2.60. The number of aromatic nitrogens is 1. The summed E-state index contributed by atoms with van der Waals surface area (Å²) >= 11 is 0. The number of amides is 1. The number of hydrogen-bond donors (Lipinski definition) is 0. The van der Waals surface area contributed by atoms with Crippen molar-refractivity contribution < 1.29 is 9.53 Å². The van der Waals surface area contributed by atoms with Crippen LogP contribution >= 0.6 is 0 Å². The lowest BCUT2D eigenvalue weighted by atomic mass is 9.97. The van der Waals surface area contributed by atoms with Crippen LogP contribution in [0.4, 0.5) is 0 Å². The van der Waals surface area contributed by atoms with Gasteiger partial charge >= 0.3 is 0 Å². The average molecular weight is 324 g/mol. The summed E-state index contributed by atoms with van der Waals surface area (Å²) in [6, 6.07) is 13.6. The lowest BCUT2D eigenvalue weighted by molar-refractivity contribution is 0.0630. The molecule has 1 aromatic heterocycles. The van der Waals surface area contributed by atoms with Gasteiger partial charge in [-0.15, -0.1) is 0 Å². The molecule has 1 atom stereocenters. The van der Waals surface area contributed by atoms with Gasteiger partial charge in [-0.2, -0.15) is 0 Å². The molecular weight excluding hydrogens is 300 g/mol. The summed E-state index contributed by atoms with van der Waals surface area (Å²) in [5, 5.41) is 0. The number of ether oxygens (including phenoxy) is 1. The van der Waals surface area contributed by atoms with E-state index >= 15 is 0 Å². The second-order valence-corrected chi connectivity index (χ2v) is 6.50. The minimum absolute atomic E-state index is 0.131. The van der Waals surface area contributed by atoms with Crippen molar-refractivity contribution in [1.29, 1.82) is 0 Å². The van der Waals surface area contributed by atoms with Crippen molar-refractivity contribution in [2.75, 3.05) is 19.7 Å². The summed E-state index contributed by atoms with van der Waals surface area (Å²) in [6.07, 6.45) is 2.11. The molecule has 24 heavy (non-hydrogen) atoms. The molecule has 4 heteroatoms. The van der Waals surface area contributed by atoms with Gasteiger partial charge in [-0.05, 0) is 44.4 Å². The van der Waals surface area contributed by atoms with Crippen LogP contribution in [0.25, 0.3) is 0 Å². The third-order valence-electron chi connectivity index (χ3n) is 4.51. The van der Waals surface area contributed by atoms with Crippen molar-refractivity contribution in [2.45, 2.75) is 26.7 Å². The lowest BCUT2D eigenvalue weighted by Crippen LogP contribution is -2.41. The molecule has 0 N–H and O–H groups in total. The maximum atomic E-state index is 12.8. The smallest absolute Gasteiger partial charge is 0.254 e. The number of likely N-dealkylation sites (tertiary alicyclic amines) is 1. The fourth-order valence-electron chi connectivity index (χ4n) is 3.17. The first-order chi connectivity index (χ1) is 11.6. The highest BCUT2D eigenvalue weighted by Crippen LogP contribution is 2.21. The molecule has 0 radical (unpaired) electrons. The normalized spacial score (nSPS) is 17.6. The molecule has 4 nitrogen and oxygen atoms in total. The van der Waals surface area contributed by atoms with E-state index < -0.39 is 0 Å². The predicted octanol–water partition coefficient (Wildman–Crippen LogP) is 3.63. The maximum absolute atomic E-state index is 12.8. The monoisotopic (exact) mass is 324 g/mol. The molecular formula is C20H24N2O2. The molecule has 1 aliphatic rings. The number of carbonyl (C=O) groups is 1. The fourth-order valence-corrected chi connectivity index (χ4v) is 3.17. The Kier molecular flexibility index (Phi) is 5.14. The van der Waals surface area contributed by atoms with Crippen LogP contribution in [0.2, 0.25) is 0 Å². The summed E-state index contributed by atoms with van der Waals surface area (Å²) in [4.78, 5) is 19.1. The fraction of sp³-hybridized carbons (Fsp3) is 0.400. The standard InChI is InChI=1S/C20H24N2O2/c1-15-7-3-4-10-18(15)20(23)22-12-6-9-17(13-22)14-24-19-11-5-8-16(2)21-19/h3-5,7-8,10-11,17H,6,9,12-14H2,1-2H3. The van der Waals surface area contributed by atoms with Gasteiger partial charge in [0.05, 0.1) is 6.61 Å². The minimum atomic E-state index is 0.131. The Hall–Kier alpha value is -2.36. The van der Waals surface area contributed by atoms with Crippen LogP contribution in [-0.2, 0) is 0 Å². The van der Waals surface area contributed by atoms with Crippen LogP contribution < -0.4 is 4.74 Å². The van der Waals surface area contributed by atoms with Gasteiger partial charge in [-0.25, -0.2) is 4.98 Å². The SMILES string of the molecule is Cc1cccc(OCC2CCCN(C(=O)c3ccccc3C)C2)n1. The van der Waals surface area contributed by atoms with Crippen molar-refractivity contribution in [3.63, 3.8) is 0 Å². The number of aryl methyl sites for hydroxylation is 2. The van der Waals surface area contributed by atoms with E-state index in [4.69, 9.17) is 4.74 Å². The molecule has 1 amide bonds. The van der Waals surface area contributed by atoms with E-state index in [1.807, 2.05) is 61.2 Å². The van der Waals surface area contributed by atoms with Gasteiger partial charge in [0, 0.05) is 36.3 Å². The third kappa shape index (κ3) is 3.94. The minimum Gasteiger partial charge on any atom is -0.477 e. The molecule has 2 aromatic rings. The zero-order valence-corrected chi connectivity index (χ0v) is 14.4. The zero-order valence-electron chi connectivity index (χ0n) is 14.4. The summed E-state index contributed by atoms with van der Waals surface area (Å²) in [7, 11) is 0. The molecule has 1 unspecified atom stereocenters. The van der Waals surface area contributed by atoms with E-state index in [1.165, 1.54) is 0 Å². The van der Waals surface area contributed by atoms with E-state index in [9.17, 15) is 4.79 Å². The van der Waals surface area contributed by atoms with E-state index in [-0.39, 0.29) is 5.91 Å². The van der Waals surface area contributed by atoms with Crippen LogP contribution in [0.5, 0.6) is 5.88 Å². The second kappa shape index (κ2) is 7.47. The number of piperidine rings is 1. The molecule has 0 bridgehead atoms. The quantitative estimate of drug-likeness (QED) is 0.862. The lowest BCUT2D eigenvalue weighted by Gasteiger charge is -2.33. The molecule has 1 aliphatic heterocycles. The van der Waals surface area contributed by atoms with Crippen molar-refractivity contribution in [1.82, 2.24) is 9.88 Å². The highest BCUT2D eigenvalue weighted by atomic mass is 16.5. The van der Waals surface area contributed by atoms with E-state index in [0.29, 0.717) is 18.4 Å². The molecule has 0 aliphatic carbocycles. The molecule has 3 rings (SSSR count). The van der Waals surface area contributed by atoms with Gasteiger partial charge < -0.3 is 9.64 Å². The predicted molar refractivity (Wildman–Crippen MR) is 94.3 cm³/mol. The second-order valence-electron chi connectivity index (χ2n) is 6.50. The zero-order chi connectivity index (χ0) is 16.9. The van der Waals surface area contributed by atoms with Crippen LogP contribution in [0, 0.1) is 19.8 Å². The Morgan fingerprint density at radius 2 is 2.04 bits per heavy atom. The van der Waals surface area contributed by atoms with Crippen LogP contribution in [0.3, 0.4) is 0 Å². The Labute approximate surface area is 143 Å². The molecule has 1 fully saturated rings. The van der Waals surface area contributed by atoms with Crippen LogP contribution in [-0.4, -0.2) is 35.5 Å². The first-order valence-corrected chi connectivity index (χ1v) is 8.55. The highest BCUT2D eigenvalue weighted by molar-refractivity contribution is 5.95. The van der Waals surface area contributed by atoms with Crippen LogP contribution in [0.1, 0.15) is 34.5 Å². The summed E-state index contributed by atoms with van der Waals surface area (Å²) in [5.41, 5.74) is 2.79. The maximum Gasteiger partial charge on any atom is 0.254 e. The van der Waals surface area contributed by atoms with E-state index in [0.717, 1.165) is 42.8 Å². The highest BCUT2D eigenvalue weighted by Gasteiger charge is 2.25. The summed E-state index contributed by atoms with van der Waals surface area (Å²) < 4.78 is 5.83. The van der Waals surface area contributed by atoms with Crippen LogP contribution in [0.15, 0.2) is 42.5 Å². The van der Waals surface area contributed by atoms with Gasteiger partial charge in [0.2, 0.25) is 5.88 Å². The third-order valence-corrected chi connectivity index (χ3v) is 4.51. The molecule has 0 saturated carbocycles. The first-order valence-electron chi connectivity index (χ1n) is 8.55. The number of nitrogens with zero attached hydrogens (tertiary/aromatic N) is 2. The van der Waals surface area contributed by atoms with E-state index in [1.54, 1.807) is 0 Å². The molecule has 2 heterocycles. The van der Waals surface area contributed by atoms with Crippen molar-refractivity contribution >= 4 is 5.91 Å². The number of rotatable bonds is 4. The van der Waals surface area contributed by atoms with Gasteiger partial charge in [-0.1, -0.05) is 24.3 Å². The molecule has 1 saturated heterocycles. The molecule has 1 aromatic carbocycles. The van der Waals surface area contributed by atoms with Crippen molar-refractivity contribution in [3.05, 3.63) is 59.3 Å². The summed E-state index contributed by atoms with van der Waals surface area (Å²) in [5.74, 6) is 1.15. The Morgan fingerprint density at radius 1 is 1.21 bits per heavy atom. The van der Waals surface area contributed by atoms with Gasteiger partial charge in [0.15, 0.2) is 0 Å². The van der Waals surface area contributed by atoms with Gasteiger partial charge in [0.1, 0.15) is 0 Å². The van der Waals surface area contributed by atoms with Gasteiger partial charge in [0.25, 0.3) is 5.91 Å².